The molecule has 1 aromatic carbocycles. The number of nitrogens with zero attached hydrogens (tertiary/aromatic N) is 5. The lowest BCUT2D eigenvalue weighted by Crippen LogP contribution is -2.36. The van der Waals surface area contributed by atoms with Crippen LogP contribution < -0.4 is 4.74 Å². The molecule has 0 radical (unpaired) electrons. The summed E-state index contributed by atoms with van der Waals surface area (Å²) in [6.45, 7) is -1.72. The van der Waals surface area contributed by atoms with Crippen molar-refractivity contribution in [3.8, 4) is 17.1 Å². The number of fused-ring (bicyclic) bond motifs is 1. The van der Waals surface area contributed by atoms with E-state index < -0.39 is 17.6 Å². The number of imidazole rings is 1. The highest BCUT2D eigenvalue weighted by Crippen LogP contribution is 2.35. The summed E-state index contributed by atoms with van der Waals surface area (Å²) in [5, 5.41) is 0.511. The molecule has 0 saturated carbocycles. The van der Waals surface area contributed by atoms with Gasteiger partial charge in [-0.1, -0.05) is 11.6 Å². The Hall–Kier alpha value is -2.95. The van der Waals surface area contributed by atoms with Crippen LogP contribution in [0.2, 0.25) is 5.02 Å². The van der Waals surface area contributed by atoms with Crippen molar-refractivity contribution in [1.82, 2.24) is 23.8 Å². The number of rotatable bonds is 6. The number of pyridine rings is 2. The lowest BCUT2D eigenvalue weighted by molar-refractivity contribution is -0.0498. The van der Waals surface area contributed by atoms with Crippen LogP contribution in [0.25, 0.3) is 22.6 Å². The lowest BCUT2D eigenvalue weighted by atomic mass is 10.1. The van der Waals surface area contributed by atoms with Gasteiger partial charge in [0.15, 0.2) is 5.65 Å². The molecule has 176 valence electrons. The zero-order valence-electron chi connectivity index (χ0n) is 17.9. The first-order chi connectivity index (χ1) is 16.5. The highest BCUT2D eigenvalue weighted by Gasteiger charge is 2.29. The van der Waals surface area contributed by atoms with Gasteiger partial charge in [0.25, 0.3) is 0 Å². The summed E-state index contributed by atoms with van der Waals surface area (Å²) in [5.41, 5.74) is 2.34. The van der Waals surface area contributed by atoms with Gasteiger partial charge in [-0.05, 0) is 55.3 Å². The van der Waals surface area contributed by atoms with E-state index in [9.17, 15) is 13.0 Å². The van der Waals surface area contributed by atoms with Crippen molar-refractivity contribution >= 4 is 33.8 Å². The molecule has 1 aliphatic heterocycles. The minimum Gasteiger partial charge on any atom is -0.435 e. The number of piperidine rings is 1. The van der Waals surface area contributed by atoms with E-state index in [1.54, 1.807) is 30.7 Å². The second kappa shape index (κ2) is 9.73. The largest absolute Gasteiger partial charge is 0.435 e. The second-order valence-electron chi connectivity index (χ2n) is 7.77. The summed E-state index contributed by atoms with van der Waals surface area (Å²) in [6.07, 6.45) is 6.48. The summed E-state index contributed by atoms with van der Waals surface area (Å²) in [4.78, 5) is 14.0. The molecule has 34 heavy (non-hydrogen) atoms. The molecule has 11 heteroatoms. The zero-order chi connectivity index (χ0) is 23.7. The van der Waals surface area contributed by atoms with E-state index in [0.29, 0.717) is 23.0 Å². The van der Waals surface area contributed by atoms with E-state index in [1.165, 1.54) is 12.1 Å². The van der Waals surface area contributed by atoms with Crippen LogP contribution in [0.1, 0.15) is 18.9 Å². The van der Waals surface area contributed by atoms with Gasteiger partial charge in [-0.15, -0.1) is 0 Å². The van der Waals surface area contributed by atoms with Gasteiger partial charge < -0.3 is 9.30 Å². The standard InChI is InChI=1S/C23H20ClF2N5O2S/c24-19-14-27-11-7-18(19)21-29-20-2-1-10-28-22(20)31(21)15-8-12-30(13-9-15)34(32)17-5-3-16(4-6-17)33-23(25)26/h1-7,10-11,14-15,23H,8-9,12-13H2. The third-order valence-corrected chi connectivity index (χ3v) is 7.55. The fraction of sp³-hybridized carbons (Fsp3) is 0.261. The fourth-order valence-corrected chi connectivity index (χ4v) is 5.59. The van der Waals surface area contributed by atoms with Crippen molar-refractivity contribution in [2.45, 2.75) is 30.4 Å². The van der Waals surface area contributed by atoms with Gasteiger partial charge >= 0.3 is 6.61 Å². The molecule has 0 bridgehead atoms. The topological polar surface area (TPSA) is 73.1 Å². The predicted octanol–water partition coefficient (Wildman–Crippen LogP) is 5.11. The molecule has 1 fully saturated rings. The molecular weight excluding hydrogens is 484 g/mol. The smallest absolute Gasteiger partial charge is 0.387 e. The number of ether oxygens (including phenoxy) is 1. The van der Waals surface area contributed by atoms with Crippen molar-refractivity contribution < 1.29 is 17.7 Å². The normalized spacial score (nSPS) is 16.2. The highest BCUT2D eigenvalue weighted by molar-refractivity contribution is 7.82. The summed E-state index contributed by atoms with van der Waals surface area (Å²) in [7, 11) is -1.40. The molecule has 1 unspecified atom stereocenters. The van der Waals surface area contributed by atoms with Gasteiger partial charge in [0.05, 0.1) is 9.92 Å². The third-order valence-electron chi connectivity index (χ3n) is 5.74. The Morgan fingerprint density at radius 3 is 2.56 bits per heavy atom. The first-order valence-electron chi connectivity index (χ1n) is 10.7. The number of alkyl halides is 2. The molecule has 0 spiro atoms. The van der Waals surface area contributed by atoms with E-state index in [0.717, 1.165) is 35.4 Å². The maximum absolute atomic E-state index is 13.1. The molecule has 0 aliphatic carbocycles. The number of hydrogen-bond donors (Lipinski definition) is 0. The van der Waals surface area contributed by atoms with Gasteiger partial charge in [0, 0.05) is 43.3 Å². The van der Waals surface area contributed by atoms with E-state index in [-0.39, 0.29) is 11.8 Å². The molecule has 4 heterocycles. The first kappa shape index (κ1) is 22.8. The highest BCUT2D eigenvalue weighted by atomic mass is 35.5. The van der Waals surface area contributed by atoms with Gasteiger partial charge in [-0.25, -0.2) is 18.5 Å². The zero-order valence-corrected chi connectivity index (χ0v) is 19.4. The number of halogens is 3. The number of aromatic nitrogens is 4. The Morgan fingerprint density at radius 1 is 1.09 bits per heavy atom. The maximum atomic E-state index is 13.1. The summed E-state index contributed by atoms with van der Waals surface area (Å²) >= 11 is 6.43. The first-order valence-corrected chi connectivity index (χ1v) is 12.1. The number of benzene rings is 1. The van der Waals surface area contributed by atoms with Crippen molar-refractivity contribution in [2.75, 3.05) is 13.1 Å². The summed E-state index contributed by atoms with van der Waals surface area (Å²) < 4.78 is 46.2. The molecule has 0 amide bonds. The average Bonchev–Trinajstić information content (AvgIpc) is 3.23. The number of hydrogen-bond acceptors (Lipinski definition) is 5. The van der Waals surface area contributed by atoms with E-state index >= 15 is 0 Å². The van der Waals surface area contributed by atoms with E-state index in [1.807, 2.05) is 22.5 Å². The maximum Gasteiger partial charge on any atom is 0.387 e. The quantitative estimate of drug-likeness (QED) is 0.365. The van der Waals surface area contributed by atoms with Crippen LogP contribution in [0, 0.1) is 0 Å². The monoisotopic (exact) mass is 503 g/mol. The van der Waals surface area contributed by atoms with Crippen LogP contribution >= 0.6 is 11.6 Å². The SMILES string of the molecule is O=S(c1ccc(OC(F)F)cc1)N1CCC(n2c(-c3ccncc3Cl)nc3cccnc32)CC1. The second-order valence-corrected chi connectivity index (χ2v) is 9.66. The molecule has 1 aliphatic rings. The molecule has 3 aromatic heterocycles. The van der Waals surface area contributed by atoms with Crippen molar-refractivity contribution in [3.05, 3.63) is 66.1 Å². The van der Waals surface area contributed by atoms with Crippen molar-refractivity contribution in [2.24, 2.45) is 0 Å². The summed E-state index contributed by atoms with van der Waals surface area (Å²) in [6, 6.07) is 11.6. The van der Waals surface area contributed by atoms with Crippen LogP contribution in [0.15, 0.2) is 66.0 Å². The minimum atomic E-state index is -2.89. The van der Waals surface area contributed by atoms with Crippen molar-refractivity contribution in [1.29, 1.82) is 0 Å². The fourth-order valence-electron chi connectivity index (χ4n) is 4.17. The summed E-state index contributed by atoms with van der Waals surface area (Å²) in [5.74, 6) is 0.770. The Balaban J connectivity index is 1.37. The molecule has 4 aromatic rings. The molecule has 1 atom stereocenters. The Kier molecular flexibility index (Phi) is 6.53. The Labute approximate surface area is 202 Å². The van der Waals surface area contributed by atoms with Crippen molar-refractivity contribution in [3.63, 3.8) is 0 Å². The van der Waals surface area contributed by atoms with Crippen LogP contribution in [0.4, 0.5) is 8.78 Å². The Morgan fingerprint density at radius 2 is 1.85 bits per heavy atom. The predicted molar refractivity (Wildman–Crippen MR) is 125 cm³/mol. The third kappa shape index (κ3) is 4.53. The van der Waals surface area contributed by atoms with Crippen LogP contribution in [-0.2, 0) is 11.0 Å². The van der Waals surface area contributed by atoms with Crippen LogP contribution in [-0.4, -0.2) is 47.7 Å². The molecule has 5 rings (SSSR count). The van der Waals surface area contributed by atoms with Gasteiger partial charge in [-0.2, -0.15) is 8.78 Å². The average molecular weight is 504 g/mol. The molecule has 7 nitrogen and oxygen atoms in total. The van der Waals surface area contributed by atoms with Gasteiger partial charge in [0.1, 0.15) is 28.1 Å². The van der Waals surface area contributed by atoms with E-state index in [2.05, 4.69) is 19.3 Å². The Bertz CT molecular complexity index is 1330. The van der Waals surface area contributed by atoms with Crippen LogP contribution in [0.3, 0.4) is 0 Å². The molecule has 1 saturated heterocycles. The lowest BCUT2D eigenvalue weighted by Gasteiger charge is -2.32. The van der Waals surface area contributed by atoms with Gasteiger partial charge in [0.2, 0.25) is 0 Å². The van der Waals surface area contributed by atoms with E-state index in [4.69, 9.17) is 16.6 Å². The minimum absolute atomic E-state index is 0.0382. The van der Waals surface area contributed by atoms with Gasteiger partial charge in [-0.3, -0.25) is 4.98 Å². The molecule has 0 N–H and O–H groups in total. The van der Waals surface area contributed by atoms with Crippen LogP contribution in [0.5, 0.6) is 5.75 Å². The molecular formula is C23H20ClF2N5O2S.